The zero-order chi connectivity index (χ0) is 15.8. The molecular formula is C17H20N2O3. The molecule has 0 unspecified atom stereocenters. The Morgan fingerprint density at radius 2 is 2.14 bits per heavy atom. The molecule has 0 aliphatic carbocycles. The SMILES string of the molecule is COc1ccc(NC(=O)CCCOc2cccc(C)c2)cn1. The number of nitrogens with zero attached hydrogens (tertiary/aromatic N) is 1. The number of hydrogen-bond donors (Lipinski definition) is 1. The lowest BCUT2D eigenvalue weighted by Gasteiger charge is -2.08. The molecule has 1 aromatic heterocycles. The predicted octanol–water partition coefficient (Wildman–Crippen LogP) is 3.20. The quantitative estimate of drug-likeness (QED) is 0.798. The summed E-state index contributed by atoms with van der Waals surface area (Å²) < 4.78 is 10.6. The second-order valence-electron chi connectivity index (χ2n) is 4.91. The maximum absolute atomic E-state index is 11.8. The second-order valence-corrected chi connectivity index (χ2v) is 4.91. The normalized spacial score (nSPS) is 10.1. The molecule has 0 aliphatic heterocycles. The van der Waals surface area contributed by atoms with Gasteiger partial charge in [0.1, 0.15) is 5.75 Å². The zero-order valence-electron chi connectivity index (χ0n) is 12.8. The van der Waals surface area contributed by atoms with Gasteiger partial charge in [-0.3, -0.25) is 4.79 Å². The predicted molar refractivity (Wildman–Crippen MR) is 85.3 cm³/mol. The number of aromatic nitrogens is 1. The highest BCUT2D eigenvalue weighted by atomic mass is 16.5. The number of amides is 1. The van der Waals surface area contributed by atoms with Gasteiger partial charge in [0.15, 0.2) is 0 Å². The molecule has 0 fully saturated rings. The van der Waals surface area contributed by atoms with Crippen LogP contribution in [0.1, 0.15) is 18.4 Å². The summed E-state index contributed by atoms with van der Waals surface area (Å²) in [6.45, 7) is 2.53. The van der Waals surface area contributed by atoms with Crippen molar-refractivity contribution in [3.8, 4) is 11.6 Å². The fraction of sp³-hybridized carbons (Fsp3) is 0.294. The van der Waals surface area contributed by atoms with E-state index in [1.807, 2.05) is 31.2 Å². The van der Waals surface area contributed by atoms with Crippen molar-refractivity contribution in [1.29, 1.82) is 0 Å². The molecule has 22 heavy (non-hydrogen) atoms. The molecule has 0 saturated heterocycles. The standard InChI is InChI=1S/C17H20N2O3/c1-13-5-3-6-15(11-13)22-10-4-7-16(20)19-14-8-9-17(21-2)18-12-14/h3,5-6,8-9,11-12H,4,7,10H2,1-2H3,(H,19,20). The van der Waals surface area contributed by atoms with Crippen molar-refractivity contribution in [2.45, 2.75) is 19.8 Å². The third-order valence-electron chi connectivity index (χ3n) is 3.04. The fourth-order valence-corrected chi connectivity index (χ4v) is 1.93. The Morgan fingerprint density at radius 3 is 2.82 bits per heavy atom. The first kappa shape index (κ1) is 15.8. The minimum absolute atomic E-state index is 0.0557. The van der Waals surface area contributed by atoms with Gasteiger partial charge < -0.3 is 14.8 Å². The van der Waals surface area contributed by atoms with E-state index in [1.54, 1.807) is 25.4 Å². The monoisotopic (exact) mass is 300 g/mol. The molecule has 1 amide bonds. The van der Waals surface area contributed by atoms with Crippen LogP contribution in [0.25, 0.3) is 0 Å². The molecule has 2 rings (SSSR count). The molecule has 0 saturated carbocycles. The fourth-order valence-electron chi connectivity index (χ4n) is 1.93. The Hall–Kier alpha value is -2.56. The van der Waals surface area contributed by atoms with E-state index in [-0.39, 0.29) is 5.91 Å². The molecular weight excluding hydrogens is 280 g/mol. The van der Waals surface area contributed by atoms with Gasteiger partial charge in [-0.05, 0) is 37.1 Å². The van der Waals surface area contributed by atoms with E-state index in [1.165, 1.54) is 0 Å². The van der Waals surface area contributed by atoms with E-state index in [2.05, 4.69) is 10.3 Å². The van der Waals surface area contributed by atoms with Crippen molar-refractivity contribution < 1.29 is 14.3 Å². The van der Waals surface area contributed by atoms with Gasteiger partial charge in [0.25, 0.3) is 0 Å². The average Bonchev–Trinajstić information content (AvgIpc) is 2.52. The van der Waals surface area contributed by atoms with Crippen LogP contribution in [0.5, 0.6) is 11.6 Å². The first-order chi connectivity index (χ1) is 10.7. The molecule has 5 heteroatoms. The number of rotatable bonds is 7. The van der Waals surface area contributed by atoms with Gasteiger partial charge in [0, 0.05) is 12.5 Å². The number of methoxy groups -OCH3 is 1. The highest BCUT2D eigenvalue weighted by Crippen LogP contribution is 2.13. The molecule has 0 spiro atoms. The van der Waals surface area contributed by atoms with E-state index >= 15 is 0 Å². The van der Waals surface area contributed by atoms with Gasteiger partial charge in [0.05, 0.1) is 25.6 Å². The van der Waals surface area contributed by atoms with Crippen molar-refractivity contribution in [2.24, 2.45) is 0 Å². The van der Waals surface area contributed by atoms with Crippen LogP contribution in [0.2, 0.25) is 0 Å². The lowest BCUT2D eigenvalue weighted by atomic mass is 10.2. The van der Waals surface area contributed by atoms with Gasteiger partial charge >= 0.3 is 0 Å². The van der Waals surface area contributed by atoms with Crippen molar-refractivity contribution >= 4 is 11.6 Å². The number of anilines is 1. The van der Waals surface area contributed by atoms with E-state index in [9.17, 15) is 4.79 Å². The number of pyridine rings is 1. The number of aryl methyl sites for hydroxylation is 1. The first-order valence-corrected chi connectivity index (χ1v) is 7.17. The Morgan fingerprint density at radius 1 is 1.27 bits per heavy atom. The van der Waals surface area contributed by atoms with Crippen LogP contribution in [0.3, 0.4) is 0 Å². The van der Waals surface area contributed by atoms with E-state index in [4.69, 9.17) is 9.47 Å². The van der Waals surface area contributed by atoms with Crippen molar-refractivity contribution in [3.05, 3.63) is 48.2 Å². The summed E-state index contributed by atoms with van der Waals surface area (Å²) in [6, 6.07) is 11.3. The third-order valence-corrected chi connectivity index (χ3v) is 3.04. The van der Waals surface area contributed by atoms with Gasteiger partial charge in [-0.2, -0.15) is 0 Å². The Labute approximate surface area is 130 Å². The van der Waals surface area contributed by atoms with Crippen LogP contribution in [-0.4, -0.2) is 24.6 Å². The van der Waals surface area contributed by atoms with Crippen molar-refractivity contribution in [2.75, 3.05) is 19.0 Å². The van der Waals surface area contributed by atoms with Crippen LogP contribution >= 0.6 is 0 Å². The molecule has 5 nitrogen and oxygen atoms in total. The Balaban J connectivity index is 1.69. The molecule has 1 aromatic carbocycles. The molecule has 0 aliphatic rings. The topological polar surface area (TPSA) is 60.5 Å². The van der Waals surface area contributed by atoms with Crippen LogP contribution in [0.4, 0.5) is 5.69 Å². The van der Waals surface area contributed by atoms with E-state index in [0.29, 0.717) is 31.0 Å². The van der Waals surface area contributed by atoms with Crippen LogP contribution in [0.15, 0.2) is 42.6 Å². The maximum atomic E-state index is 11.8. The van der Waals surface area contributed by atoms with Crippen LogP contribution in [0, 0.1) is 6.92 Å². The second kappa shape index (κ2) is 8.02. The number of ether oxygens (including phenoxy) is 2. The smallest absolute Gasteiger partial charge is 0.224 e. The van der Waals surface area contributed by atoms with Crippen LogP contribution < -0.4 is 14.8 Å². The molecule has 2 aromatic rings. The van der Waals surface area contributed by atoms with Gasteiger partial charge in [-0.25, -0.2) is 4.98 Å². The minimum Gasteiger partial charge on any atom is -0.494 e. The van der Waals surface area contributed by atoms with E-state index in [0.717, 1.165) is 11.3 Å². The molecule has 116 valence electrons. The summed E-state index contributed by atoms with van der Waals surface area (Å²) in [6.07, 6.45) is 2.63. The number of hydrogen-bond acceptors (Lipinski definition) is 4. The summed E-state index contributed by atoms with van der Waals surface area (Å²) in [4.78, 5) is 15.8. The number of carbonyl (C=O) groups is 1. The van der Waals surface area contributed by atoms with Gasteiger partial charge in [0.2, 0.25) is 11.8 Å². The summed E-state index contributed by atoms with van der Waals surface area (Å²) >= 11 is 0. The molecule has 1 heterocycles. The summed E-state index contributed by atoms with van der Waals surface area (Å²) in [5.41, 5.74) is 1.81. The number of carbonyl (C=O) groups excluding carboxylic acids is 1. The number of benzene rings is 1. The highest BCUT2D eigenvalue weighted by molar-refractivity contribution is 5.90. The molecule has 1 N–H and O–H groups in total. The summed E-state index contributed by atoms with van der Waals surface area (Å²) in [5.74, 6) is 1.30. The summed E-state index contributed by atoms with van der Waals surface area (Å²) in [5, 5.41) is 2.79. The summed E-state index contributed by atoms with van der Waals surface area (Å²) in [7, 11) is 1.55. The zero-order valence-corrected chi connectivity index (χ0v) is 12.8. The number of nitrogens with one attached hydrogen (secondary N) is 1. The third kappa shape index (κ3) is 5.09. The molecule has 0 bridgehead atoms. The largest absolute Gasteiger partial charge is 0.494 e. The molecule has 0 radical (unpaired) electrons. The van der Waals surface area contributed by atoms with E-state index < -0.39 is 0 Å². The molecule has 0 atom stereocenters. The minimum atomic E-state index is -0.0557. The maximum Gasteiger partial charge on any atom is 0.224 e. The van der Waals surface area contributed by atoms with Crippen molar-refractivity contribution in [1.82, 2.24) is 4.98 Å². The lowest BCUT2D eigenvalue weighted by molar-refractivity contribution is -0.116. The van der Waals surface area contributed by atoms with Gasteiger partial charge in [-0.15, -0.1) is 0 Å². The Kier molecular flexibility index (Phi) is 5.77. The highest BCUT2D eigenvalue weighted by Gasteiger charge is 2.03. The van der Waals surface area contributed by atoms with Crippen LogP contribution in [-0.2, 0) is 4.79 Å². The lowest BCUT2D eigenvalue weighted by Crippen LogP contribution is -2.13. The first-order valence-electron chi connectivity index (χ1n) is 7.17. The average molecular weight is 300 g/mol. The van der Waals surface area contributed by atoms with Crippen molar-refractivity contribution in [3.63, 3.8) is 0 Å². The van der Waals surface area contributed by atoms with Gasteiger partial charge in [-0.1, -0.05) is 12.1 Å². The Bertz CT molecular complexity index is 612.